The van der Waals surface area contributed by atoms with Crippen molar-refractivity contribution in [2.45, 2.75) is 19.6 Å². The van der Waals surface area contributed by atoms with Crippen LogP contribution in [0.4, 0.5) is 0 Å². The zero-order valence-electron chi connectivity index (χ0n) is 15.9. The largest absolute Gasteiger partial charge is 0.496 e. The van der Waals surface area contributed by atoms with Crippen molar-refractivity contribution in [2.24, 2.45) is 0 Å². The van der Waals surface area contributed by atoms with Crippen LogP contribution in [0.15, 0.2) is 53.9 Å². The first-order valence-corrected chi connectivity index (χ1v) is 9.98. The van der Waals surface area contributed by atoms with E-state index < -0.39 is 0 Å². The van der Waals surface area contributed by atoms with E-state index >= 15 is 0 Å². The number of para-hydroxylation sites is 1. The van der Waals surface area contributed by atoms with E-state index in [0.29, 0.717) is 23.1 Å². The second-order valence-electron chi connectivity index (χ2n) is 6.20. The molecule has 0 N–H and O–H groups in total. The number of amides is 1. The summed E-state index contributed by atoms with van der Waals surface area (Å²) in [7, 11) is 3.39. The smallest absolute Gasteiger partial charge is 0.273 e. The van der Waals surface area contributed by atoms with Gasteiger partial charge in [0, 0.05) is 23.0 Å². The maximum absolute atomic E-state index is 12.9. The van der Waals surface area contributed by atoms with Crippen LogP contribution in [0, 0.1) is 0 Å². The van der Waals surface area contributed by atoms with E-state index in [2.05, 4.69) is 4.98 Å². The lowest BCUT2D eigenvalue weighted by atomic mass is 10.1. The van der Waals surface area contributed by atoms with Crippen molar-refractivity contribution in [1.29, 1.82) is 0 Å². The van der Waals surface area contributed by atoms with Crippen molar-refractivity contribution in [1.82, 2.24) is 9.88 Å². The van der Waals surface area contributed by atoms with Gasteiger partial charge in [-0.1, -0.05) is 29.8 Å². The number of methoxy groups -OCH3 is 1. The quantitative estimate of drug-likeness (QED) is 0.530. The predicted octanol–water partition coefficient (Wildman–Crippen LogP) is 5.22. The summed E-state index contributed by atoms with van der Waals surface area (Å²) in [5.74, 6) is 1.31. The lowest BCUT2D eigenvalue weighted by Gasteiger charge is -2.26. The minimum atomic E-state index is -0.154. The molecular weight excluding hydrogens is 396 g/mol. The topological polar surface area (TPSA) is 51.7 Å². The summed E-state index contributed by atoms with van der Waals surface area (Å²) >= 11 is 7.27. The van der Waals surface area contributed by atoms with Gasteiger partial charge in [-0.2, -0.15) is 0 Å². The number of rotatable bonds is 7. The molecular formula is C21H21ClN2O3S. The monoisotopic (exact) mass is 416 g/mol. The summed E-state index contributed by atoms with van der Waals surface area (Å²) in [6.07, 6.45) is 0. The third-order valence-electron chi connectivity index (χ3n) is 4.44. The van der Waals surface area contributed by atoms with E-state index in [4.69, 9.17) is 21.1 Å². The molecule has 3 aromatic rings. The van der Waals surface area contributed by atoms with Crippen molar-refractivity contribution >= 4 is 28.8 Å². The molecule has 1 aromatic heterocycles. The van der Waals surface area contributed by atoms with Crippen LogP contribution in [0.2, 0.25) is 5.02 Å². The first-order valence-electron chi connectivity index (χ1n) is 8.72. The van der Waals surface area contributed by atoms with Crippen LogP contribution in [0.3, 0.4) is 0 Å². The minimum absolute atomic E-state index is 0.146. The SMILES string of the molecule is COc1ccccc1C(C)N(C)C(=O)c1csc(COc2ccc(Cl)cc2)n1. The highest BCUT2D eigenvalue weighted by Gasteiger charge is 2.23. The molecule has 0 aliphatic carbocycles. The van der Waals surface area contributed by atoms with Gasteiger partial charge in [-0.15, -0.1) is 11.3 Å². The first kappa shape index (κ1) is 20.2. The third kappa shape index (κ3) is 4.64. The van der Waals surface area contributed by atoms with Gasteiger partial charge in [0.1, 0.15) is 28.8 Å². The average molecular weight is 417 g/mol. The Labute approximate surface area is 173 Å². The van der Waals surface area contributed by atoms with Gasteiger partial charge in [-0.3, -0.25) is 4.79 Å². The van der Waals surface area contributed by atoms with Crippen LogP contribution < -0.4 is 9.47 Å². The van der Waals surface area contributed by atoms with Crippen LogP contribution in [-0.4, -0.2) is 29.9 Å². The average Bonchev–Trinajstić information content (AvgIpc) is 3.20. The fourth-order valence-corrected chi connectivity index (χ4v) is 3.53. The summed E-state index contributed by atoms with van der Waals surface area (Å²) in [5.41, 5.74) is 1.35. The van der Waals surface area contributed by atoms with Gasteiger partial charge < -0.3 is 14.4 Å². The van der Waals surface area contributed by atoms with E-state index in [1.165, 1.54) is 11.3 Å². The summed E-state index contributed by atoms with van der Waals surface area (Å²) in [6, 6.07) is 14.7. The molecule has 0 radical (unpaired) electrons. The van der Waals surface area contributed by atoms with Crippen molar-refractivity contribution in [3.8, 4) is 11.5 Å². The van der Waals surface area contributed by atoms with Crippen LogP contribution in [0.5, 0.6) is 11.5 Å². The Morgan fingerprint density at radius 2 is 1.93 bits per heavy atom. The molecule has 3 rings (SSSR count). The van der Waals surface area contributed by atoms with Crippen molar-refractivity contribution in [2.75, 3.05) is 14.2 Å². The van der Waals surface area contributed by atoms with E-state index in [1.54, 1.807) is 48.7 Å². The number of thiazole rings is 1. The Bertz CT molecular complexity index is 943. The van der Waals surface area contributed by atoms with Gasteiger partial charge in [-0.05, 0) is 37.3 Å². The van der Waals surface area contributed by atoms with E-state index in [1.807, 2.05) is 31.2 Å². The molecule has 0 fully saturated rings. The molecule has 28 heavy (non-hydrogen) atoms. The highest BCUT2D eigenvalue weighted by molar-refractivity contribution is 7.09. The molecule has 5 nitrogen and oxygen atoms in total. The Morgan fingerprint density at radius 1 is 1.21 bits per heavy atom. The normalized spacial score (nSPS) is 11.7. The Hall–Kier alpha value is -2.57. The van der Waals surface area contributed by atoms with Gasteiger partial charge in [0.05, 0.1) is 13.2 Å². The number of benzene rings is 2. The van der Waals surface area contributed by atoms with E-state index in [-0.39, 0.29) is 11.9 Å². The number of nitrogens with zero attached hydrogens (tertiary/aromatic N) is 2. The molecule has 2 aromatic carbocycles. The summed E-state index contributed by atoms with van der Waals surface area (Å²) in [5, 5.41) is 3.15. The molecule has 1 unspecified atom stereocenters. The third-order valence-corrected chi connectivity index (χ3v) is 5.51. The van der Waals surface area contributed by atoms with Crippen LogP contribution in [-0.2, 0) is 6.61 Å². The summed E-state index contributed by atoms with van der Waals surface area (Å²) in [4.78, 5) is 18.9. The number of carbonyl (C=O) groups is 1. The summed E-state index contributed by atoms with van der Waals surface area (Å²) < 4.78 is 11.1. The second-order valence-corrected chi connectivity index (χ2v) is 7.58. The molecule has 0 aliphatic rings. The predicted molar refractivity (Wildman–Crippen MR) is 111 cm³/mol. The highest BCUT2D eigenvalue weighted by Crippen LogP contribution is 2.29. The number of hydrogen-bond acceptors (Lipinski definition) is 5. The Kier molecular flexibility index (Phi) is 6.54. The van der Waals surface area contributed by atoms with Crippen molar-refractivity contribution in [3.05, 3.63) is 75.2 Å². The molecule has 7 heteroatoms. The number of halogens is 1. The molecule has 0 saturated carbocycles. The zero-order valence-corrected chi connectivity index (χ0v) is 17.5. The lowest BCUT2D eigenvalue weighted by Crippen LogP contribution is -2.30. The molecule has 0 bridgehead atoms. The fourth-order valence-electron chi connectivity index (χ4n) is 2.73. The summed E-state index contributed by atoms with van der Waals surface area (Å²) in [6.45, 7) is 2.26. The molecule has 0 aliphatic heterocycles. The number of carbonyl (C=O) groups excluding carboxylic acids is 1. The number of hydrogen-bond donors (Lipinski definition) is 0. The maximum atomic E-state index is 12.9. The van der Waals surface area contributed by atoms with E-state index in [9.17, 15) is 4.79 Å². The van der Waals surface area contributed by atoms with Crippen LogP contribution in [0.1, 0.15) is 34.0 Å². The van der Waals surface area contributed by atoms with Gasteiger partial charge in [-0.25, -0.2) is 4.98 Å². The number of ether oxygens (including phenoxy) is 2. The zero-order chi connectivity index (χ0) is 20.1. The molecule has 1 heterocycles. The van der Waals surface area contributed by atoms with Crippen molar-refractivity contribution in [3.63, 3.8) is 0 Å². The molecule has 0 spiro atoms. The van der Waals surface area contributed by atoms with Gasteiger partial charge >= 0.3 is 0 Å². The van der Waals surface area contributed by atoms with Crippen molar-refractivity contribution < 1.29 is 14.3 Å². The number of aromatic nitrogens is 1. The van der Waals surface area contributed by atoms with Crippen LogP contribution in [0.25, 0.3) is 0 Å². The first-order chi connectivity index (χ1) is 13.5. The molecule has 0 saturated heterocycles. The molecule has 1 atom stereocenters. The Morgan fingerprint density at radius 3 is 2.64 bits per heavy atom. The van der Waals surface area contributed by atoms with Gasteiger partial charge in [0.25, 0.3) is 5.91 Å². The molecule has 1 amide bonds. The molecule has 146 valence electrons. The van der Waals surface area contributed by atoms with Gasteiger partial charge in [0.15, 0.2) is 0 Å². The van der Waals surface area contributed by atoms with E-state index in [0.717, 1.165) is 16.3 Å². The second kappa shape index (κ2) is 9.08. The Balaban J connectivity index is 1.66. The lowest BCUT2D eigenvalue weighted by molar-refractivity contribution is 0.0735. The standard InChI is InChI=1S/C21H21ClN2O3S/c1-14(17-6-4-5-7-19(17)26-3)24(2)21(25)18-13-28-20(23-18)12-27-16-10-8-15(22)9-11-16/h4-11,13-14H,12H2,1-3H3. The van der Waals surface area contributed by atoms with Crippen LogP contribution >= 0.6 is 22.9 Å². The maximum Gasteiger partial charge on any atom is 0.273 e. The van der Waals surface area contributed by atoms with Gasteiger partial charge in [0.2, 0.25) is 0 Å². The fraction of sp³-hybridized carbons (Fsp3) is 0.238. The highest BCUT2D eigenvalue weighted by atomic mass is 35.5. The minimum Gasteiger partial charge on any atom is -0.496 e.